The zero-order valence-electron chi connectivity index (χ0n) is 16.4. The molecule has 0 unspecified atom stereocenters. The van der Waals surface area contributed by atoms with Gasteiger partial charge in [-0.1, -0.05) is 23.7 Å². The second kappa shape index (κ2) is 8.20. The molecule has 0 spiro atoms. The fourth-order valence-electron chi connectivity index (χ4n) is 3.30. The molecule has 1 amide bonds. The van der Waals surface area contributed by atoms with Crippen molar-refractivity contribution in [2.75, 3.05) is 25.1 Å². The molecule has 0 saturated carbocycles. The Morgan fingerprint density at radius 2 is 1.84 bits per heavy atom. The van der Waals surface area contributed by atoms with E-state index in [0.29, 0.717) is 47.0 Å². The van der Waals surface area contributed by atoms with Gasteiger partial charge in [-0.3, -0.25) is 4.79 Å². The number of anilines is 1. The topological polar surface area (TPSA) is 85.5 Å². The number of imidazole rings is 1. The third kappa shape index (κ3) is 4.27. The van der Waals surface area contributed by atoms with Gasteiger partial charge in [0.05, 0.1) is 11.0 Å². The first-order chi connectivity index (χ1) is 15.1. The van der Waals surface area contributed by atoms with Crippen LogP contribution in [-0.4, -0.2) is 35.7 Å². The van der Waals surface area contributed by atoms with Crippen molar-refractivity contribution in [3.63, 3.8) is 0 Å². The van der Waals surface area contributed by atoms with Crippen LogP contribution in [0, 0.1) is 0 Å². The molecular formula is C23H18ClN3O4. The van der Waals surface area contributed by atoms with E-state index in [2.05, 4.69) is 15.3 Å². The summed E-state index contributed by atoms with van der Waals surface area (Å²) < 4.78 is 16.7. The Bertz CT molecular complexity index is 1210. The van der Waals surface area contributed by atoms with E-state index >= 15 is 0 Å². The highest BCUT2D eigenvalue weighted by atomic mass is 35.5. The lowest BCUT2D eigenvalue weighted by molar-refractivity contribution is -0.118. The number of nitrogens with one attached hydrogen (secondary N) is 2. The number of carbonyl (C=O) groups is 1. The predicted molar refractivity (Wildman–Crippen MR) is 118 cm³/mol. The number of hydrogen-bond donors (Lipinski definition) is 2. The number of carbonyl (C=O) groups excluding carboxylic acids is 1. The molecule has 2 heterocycles. The van der Waals surface area contributed by atoms with Crippen molar-refractivity contribution in [1.82, 2.24) is 9.97 Å². The molecule has 0 aliphatic carbocycles. The van der Waals surface area contributed by atoms with Crippen LogP contribution in [0.25, 0.3) is 22.4 Å². The number of aromatic nitrogens is 2. The molecule has 1 aliphatic heterocycles. The highest BCUT2D eigenvalue weighted by molar-refractivity contribution is 6.30. The first-order valence-electron chi connectivity index (χ1n) is 9.72. The van der Waals surface area contributed by atoms with Crippen LogP contribution in [0.2, 0.25) is 5.02 Å². The second-order valence-corrected chi connectivity index (χ2v) is 7.41. The van der Waals surface area contributed by atoms with Gasteiger partial charge >= 0.3 is 0 Å². The van der Waals surface area contributed by atoms with E-state index in [1.165, 1.54) is 0 Å². The van der Waals surface area contributed by atoms with E-state index in [0.717, 1.165) is 16.6 Å². The summed E-state index contributed by atoms with van der Waals surface area (Å²) >= 11 is 5.85. The molecule has 7 nitrogen and oxygen atoms in total. The summed E-state index contributed by atoms with van der Waals surface area (Å²) in [6.07, 6.45) is 0. The van der Waals surface area contributed by atoms with E-state index < -0.39 is 0 Å². The normalized spacial score (nSPS) is 12.5. The lowest BCUT2D eigenvalue weighted by atomic mass is 10.2. The minimum absolute atomic E-state index is 0.109. The number of rotatable bonds is 5. The Kier molecular flexibility index (Phi) is 5.09. The number of halogens is 1. The van der Waals surface area contributed by atoms with Crippen molar-refractivity contribution in [1.29, 1.82) is 0 Å². The van der Waals surface area contributed by atoms with Gasteiger partial charge in [-0.15, -0.1) is 0 Å². The Balaban J connectivity index is 1.30. The summed E-state index contributed by atoms with van der Waals surface area (Å²) in [4.78, 5) is 20.2. The molecule has 3 aromatic carbocycles. The number of aromatic amines is 1. The smallest absolute Gasteiger partial charge is 0.262 e. The van der Waals surface area contributed by atoms with Gasteiger partial charge < -0.3 is 24.5 Å². The molecule has 0 atom stereocenters. The minimum Gasteiger partial charge on any atom is -0.486 e. The van der Waals surface area contributed by atoms with Crippen LogP contribution in [0.4, 0.5) is 5.69 Å². The van der Waals surface area contributed by atoms with Gasteiger partial charge in [-0.05, 0) is 36.4 Å². The van der Waals surface area contributed by atoms with Crippen molar-refractivity contribution in [2.45, 2.75) is 0 Å². The second-order valence-electron chi connectivity index (χ2n) is 6.97. The number of hydrogen-bond acceptors (Lipinski definition) is 5. The zero-order chi connectivity index (χ0) is 21.2. The molecule has 5 rings (SSSR count). The molecule has 0 bridgehead atoms. The van der Waals surface area contributed by atoms with Crippen molar-refractivity contribution < 1.29 is 19.0 Å². The SMILES string of the molecule is O=C(COc1ccc(Cl)cc1)Nc1cccc(-c2nc3cc4c(cc3[nH]2)OCCO4)c1. The third-order valence-electron chi connectivity index (χ3n) is 4.75. The lowest BCUT2D eigenvalue weighted by Crippen LogP contribution is -2.20. The number of ether oxygens (including phenoxy) is 3. The van der Waals surface area contributed by atoms with E-state index in [1.54, 1.807) is 24.3 Å². The Morgan fingerprint density at radius 1 is 1.06 bits per heavy atom. The Morgan fingerprint density at radius 3 is 2.65 bits per heavy atom. The van der Waals surface area contributed by atoms with Gasteiger partial charge in [0.2, 0.25) is 0 Å². The van der Waals surface area contributed by atoms with Crippen LogP contribution in [0.15, 0.2) is 60.7 Å². The predicted octanol–water partition coefficient (Wildman–Crippen LogP) is 4.67. The molecule has 156 valence electrons. The quantitative estimate of drug-likeness (QED) is 0.475. The van der Waals surface area contributed by atoms with Crippen LogP contribution < -0.4 is 19.5 Å². The van der Waals surface area contributed by atoms with E-state index in [1.807, 2.05) is 36.4 Å². The standard InChI is InChI=1S/C23H18ClN3O4/c24-15-4-6-17(7-5-15)31-13-22(28)25-16-3-1-2-14(10-16)23-26-18-11-20-21(12-19(18)27-23)30-9-8-29-20/h1-7,10-12H,8-9,13H2,(H,25,28)(H,26,27). The van der Waals surface area contributed by atoms with Crippen molar-refractivity contribution in [3.05, 3.63) is 65.7 Å². The summed E-state index contributed by atoms with van der Waals surface area (Å²) in [7, 11) is 0. The number of benzene rings is 3. The van der Waals surface area contributed by atoms with E-state index in [-0.39, 0.29) is 12.5 Å². The highest BCUT2D eigenvalue weighted by Crippen LogP contribution is 2.35. The van der Waals surface area contributed by atoms with Crippen LogP contribution in [0.3, 0.4) is 0 Å². The molecule has 31 heavy (non-hydrogen) atoms. The molecule has 0 radical (unpaired) electrons. The van der Waals surface area contributed by atoms with Gasteiger partial charge in [-0.2, -0.15) is 0 Å². The van der Waals surface area contributed by atoms with Crippen LogP contribution in [0.1, 0.15) is 0 Å². The molecular weight excluding hydrogens is 418 g/mol. The maximum absolute atomic E-state index is 12.3. The first kappa shape index (κ1) is 19.3. The molecule has 1 aliphatic rings. The average Bonchev–Trinajstić information content (AvgIpc) is 3.20. The minimum atomic E-state index is -0.265. The molecule has 1 aromatic heterocycles. The van der Waals surface area contributed by atoms with Crippen molar-refractivity contribution in [3.8, 4) is 28.6 Å². The number of H-pyrrole nitrogens is 1. The number of amides is 1. The summed E-state index contributed by atoms with van der Waals surface area (Å²) in [5, 5.41) is 3.45. The highest BCUT2D eigenvalue weighted by Gasteiger charge is 2.15. The van der Waals surface area contributed by atoms with E-state index in [4.69, 9.17) is 25.8 Å². The van der Waals surface area contributed by atoms with Gasteiger partial charge in [0, 0.05) is 28.4 Å². The van der Waals surface area contributed by atoms with Gasteiger partial charge in [0.15, 0.2) is 18.1 Å². The summed E-state index contributed by atoms with van der Waals surface area (Å²) in [5.74, 6) is 2.39. The summed E-state index contributed by atoms with van der Waals surface area (Å²) in [6.45, 7) is 0.949. The van der Waals surface area contributed by atoms with Gasteiger partial charge in [0.1, 0.15) is 24.8 Å². The van der Waals surface area contributed by atoms with Crippen LogP contribution in [0.5, 0.6) is 17.2 Å². The third-order valence-corrected chi connectivity index (χ3v) is 5.00. The van der Waals surface area contributed by atoms with Crippen molar-refractivity contribution >= 4 is 34.2 Å². The summed E-state index contributed by atoms with van der Waals surface area (Å²) in [6, 6.07) is 18.0. The zero-order valence-corrected chi connectivity index (χ0v) is 17.1. The maximum Gasteiger partial charge on any atom is 0.262 e. The largest absolute Gasteiger partial charge is 0.486 e. The Labute approximate surface area is 182 Å². The van der Waals surface area contributed by atoms with Gasteiger partial charge in [-0.25, -0.2) is 4.98 Å². The molecule has 0 saturated heterocycles. The first-order valence-corrected chi connectivity index (χ1v) is 10.1. The van der Waals surface area contributed by atoms with E-state index in [9.17, 15) is 4.79 Å². The fourth-order valence-corrected chi connectivity index (χ4v) is 3.43. The fraction of sp³-hybridized carbons (Fsp3) is 0.130. The lowest BCUT2D eigenvalue weighted by Gasteiger charge is -2.17. The molecule has 0 fully saturated rings. The van der Waals surface area contributed by atoms with Crippen molar-refractivity contribution in [2.24, 2.45) is 0 Å². The molecule has 8 heteroatoms. The number of nitrogens with zero attached hydrogens (tertiary/aromatic N) is 1. The van der Waals surface area contributed by atoms with Crippen LogP contribution >= 0.6 is 11.6 Å². The maximum atomic E-state index is 12.3. The monoisotopic (exact) mass is 435 g/mol. The summed E-state index contributed by atoms with van der Waals surface area (Å²) in [5.41, 5.74) is 3.12. The molecule has 2 N–H and O–H groups in total. The molecule has 4 aromatic rings. The average molecular weight is 436 g/mol. The number of fused-ring (bicyclic) bond motifs is 2. The van der Waals surface area contributed by atoms with Gasteiger partial charge in [0.25, 0.3) is 5.91 Å². The van der Waals surface area contributed by atoms with Crippen LogP contribution in [-0.2, 0) is 4.79 Å². The Hall–Kier alpha value is -3.71.